The molecule has 6 aromatic carbocycles. The molecule has 0 radical (unpaired) electrons. The number of primary sulfonamides is 1. The van der Waals surface area contributed by atoms with Crippen LogP contribution in [0.15, 0.2) is 182 Å². The van der Waals surface area contributed by atoms with Crippen molar-refractivity contribution in [2.45, 2.75) is 38.9 Å². The molecule has 91 heavy (non-hydrogen) atoms. The van der Waals surface area contributed by atoms with Gasteiger partial charge in [-0.1, -0.05) is 182 Å². The molecule has 0 unspecified atom stereocenters. The van der Waals surface area contributed by atoms with Crippen LogP contribution in [0.1, 0.15) is 33.4 Å². The van der Waals surface area contributed by atoms with Crippen LogP contribution in [0.25, 0.3) is 0 Å². The molecular formula is C56H78Cl4N2NaO21S7-. The Kier molecular flexibility index (Phi) is 58.2. The summed E-state index contributed by atoms with van der Waals surface area (Å²) in [5, 5.41) is 12.4. The Bertz CT molecular complexity index is 3010. The van der Waals surface area contributed by atoms with Gasteiger partial charge in [0.2, 0.25) is 28.3 Å². The Balaban J connectivity index is -0.000000483. The summed E-state index contributed by atoms with van der Waals surface area (Å²) in [5.41, 5.74) is 6.21. The minimum absolute atomic E-state index is 0. The van der Waals surface area contributed by atoms with E-state index in [-0.39, 0.29) is 91.8 Å². The summed E-state index contributed by atoms with van der Waals surface area (Å²) in [7, 11) is -8.60. The fraction of sp³-hybridized carbons (Fsp3) is 0.357. The van der Waals surface area contributed by atoms with Gasteiger partial charge in [0.15, 0.2) is 0 Å². The van der Waals surface area contributed by atoms with Gasteiger partial charge in [0.05, 0.1) is 127 Å². The van der Waals surface area contributed by atoms with Crippen molar-refractivity contribution in [1.29, 1.82) is 0 Å². The van der Waals surface area contributed by atoms with Crippen molar-refractivity contribution in [3.05, 3.63) is 215 Å². The van der Waals surface area contributed by atoms with E-state index in [1.807, 2.05) is 182 Å². The molecule has 6 aromatic rings. The van der Waals surface area contributed by atoms with Gasteiger partial charge < -0.3 is 44.0 Å². The van der Waals surface area contributed by atoms with Crippen molar-refractivity contribution in [3.63, 3.8) is 0 Å². The van der Waals surface area contributed by atoms with Gasteiger partial charge in [0.1, 0.15) is 19.7 Å². The number of ether oxygens (including phenoxy) is 5. The van der Waals surface area contributed by atoms with Gasteiger partial charge in [-0.25, -0.2) is 59.9 Å². The van der Waals surface area contributed by atoms with Crippen LogP contribution in [0.2, 0.25) is 0 Å². The number of sulfonamides is 1. The Morgan fingerprint density at radius 3 is 0.747 bits per heavy atom. The van der Waals surface area contributed by atoms with Gasteiger partial charge in [-0.2, -0.15) is 0 Å². The third kappa shape index (κ3) is 75.8. The molecular weight excluding hydrogens is 1430 g/mol. The third-order valence-corrected chi connectivity index (χ3v) is 14.9. The molecule has 0 spiro atoms. The number of halogens is 4. The maximum atomic E-state index is 10.8. The summed E-state index contributed by atoms with van der Waals surface area (Å²) >= 11 is 5.53. The number of hydrogen-bond acceptors (Lipinski definition) is 22. The van der Waals surface area contributed by atoms with Crippen molar-refractivity contribution in [2.24, 2.45) is 5.14 Å². The SMILES string of the molecule is CS(=O)(=O)CCOCc1ccccc1.CS(=O)(=O)CCOCc1ccccc1.ClCc1ccccc1.N.NS(=O)(=O)CCO.O=S(=O)(Cl)CCOCc1ccccc1.O=S(=O)([O-])CCOCc1ccccc1.O=S(=O)([O-])CCOCc1ccccc1.O=S(Cl)Cl.[Na+]. The molecule has 0 saturated carbocycles. The first-order valence-electron chi connectivity index (χ1n) is 25.8. The summed E-state index contributed by atoms with van der Waals surface area (Å²) in [6.45, 7) is 2.13. The third-order valence-electron chi connectivity index (χ3n) is 9.55. The monoisotopic (exact) mass is 1500 g/mol. The van der Waals surface area contributed by atoms with Crippen LogP contribution in [0, 0.1) is 0 Å². The van der Waals surface area contributed by atoms with Crippen LogP contribution in [-0.2, 0) is 131 Å². The zero-order valence-corrected chi connectivity index (χ0v) is 61.1. The number of hydrogen-bond donors (Lipinski definition) is 3. The van der Waals surface area contributed by atoms with Crippen LogP contribution < -0.4 is 40.8 Å². The number of nitrogens with two attached hydrogens (primary N) is 1. The zero-order valence-electron chi connectivity index (χ0n) is 50.3. The Labute approximate surface area is 580 Å². The molecule has 0 amide bonds. The van der Waals surface area contributed by atoms with E-state index in [1.54, 1.807) is 0 Å². The zero-order chi connectivity index (χ0) is 67.5. The largest absolute Gasteiger partial charge is 1.00 e. The van der Waals surface area contributed by atoms with E-state index in [9.17, 15) is 59.6 Å². The van der Waals surface area contributed by atoms with E-state index in [4.69, 9.17) is 55.3 Å². The summed E-state index contributed by atoms with van der Waals surface area (Å²) in [5.74, 6) is -0.672. The first kappa shape index (κ1) is 94.3. The molecule has 0 bridgehead atoms. The van der Waals surface area contributed by atoms with Gasteiger partial charge in [-0.3, -0.25) is 0 Å². The minimum atomic E-state index is -4.15. The van der Waals surface area contributed by atoms with Gasteiger partial charge in [0.25, 0.3) is 0 Å². The average Bonchev–Trinajstić information content (AvgIpc) is 3.69. The first-order chi connectivity index (χ1) is 41.6. The number of benzene rings is 6. The summed E-state index contributed by atoms with van der Waals surface area (Å²) in [6, 6.07) is 57.5. The second-order valence-corrected chi connectivity index (χ2v) is 32.6. The van der Waals surface area contributed by atoms with E-state index >= 15 is 0 Å². The normalized spacial score (nSPS) is 10.9. The summed E-state index contributed by atoms with van der Waals surface area (Å²) in [6.07, 6.45) is 2.41. The van der Waals surface area contributed by atoms with Gasteiger partial charge in [0, 0.05) is 50.4 Å². The van der Waals surface area contributed by atoms with E-state index < -0.39 is 86.3 Å². The molecule has 0 fully saturated rings. The first-order valence-corrected chi connectivity index (χ1v) is 40.6. The standard InChI is InChI=1S/2C10H14O3S.C9H11ClO3S.2C9H12O4S.C7H7Cl.C2H7NO3S.Cl2OS.H3N.Na/c2*1-14(11,12)8-7-13-9-10-5-3-2-4-6-10;3*10-14(11,12)7-6-13-8-9-4-2-1-3-5-9;8-6-7-4-2-1-3-5-7;3-7(5,6)2-1-4;1-4(2)3;;/h2*2-6H,7-9H2,1H3;1-5H,6-8H2;2*1-5H,6-8H2,(H,10,11,12);1-5H,6H2;4H,1-2H2,(H2,3,5,6);;1H3;/q;;;;;;;;;+1/p-2. The molecule has 0 aliphatic heterocycles. The molecule has 6 N–H and O–H groups in total. The molecule has 35 heteroatoms. The average molecular weight is 1500 g/mol. The Hall–Kier alpha value is -3.07. The number of alkyl halides is 1. The second kappa shape index (κ2) is 56.1. The van der Waals surface area contributed by atoms with E-state index in [0.717, 1.165) is 27.8 Å². The van der Waals surface area contributed by atoms with Gasteiger partial charge in [-0.15, -0.1) is 11.6 Å². The van der Waals surface area contributed by atoms with Crippen molar-refractivity contribution < 1.29 is 122 Å². The van der Waals surface area contributed by atoms with Gasteiger partial charge >= 0.3 is 29.6 Å². The maximum absolute atomic E-state index is 10.8. The van der Waals surface area contributed by atoms with E-state index in [1.165, 1.54) is 18.1 Å². The fourth-order valence-electron chi connectivity index (χ4n) is 5.42. The Morgan fingerprint density at radius 1 is 0.407 bits per heavy atom. The fourth-order valence-corrected chi connectivity index (χ4v) is 7.84. The number of sulfone groups is 2. The topological polar surface area (TPSA) is 395 Å². The van der Waals surface area contributed by atoms with Crippen LogP contribution in [0.5, 0.6) is 0 Å². The predicted molar refractivity (Wildman–Crippen MR) is 355 cm³/mol. The molecule has 0 saturated heterocycles. The Morgan fingerprint density at radius 2 is 0.604 bits per heavy atom. The second-order valence-electron chi connectivity index (χ2n) is 17.6. The summed E-state index contributed by atoms with van der Waals surface area (Å²) < 4.78 is 180. The minimum Gasteiger partial charge on any atom is -0.748 e. The van der Waals surface area contributed by atoms with Crippen LogP contribution in [-0.4, -0.2) is 156 Å². The van der Waals surface area contributed by atoms with Crippen LogP contribution in [0.3, 0.4) is 0 Å². The molecule has 0 aliphatic carbocycles. The van der Waals surface area contributed by atoms with E-state index in [2.05, 4.69) is 26.5 Å². The number of rotatable bonds is 28. The molecule has 0 heterocycles. The van der Waals surface area contributed by atoms with Crippen LogP contribution >= 0.6 is 43.6 Å². The smallest absolute Gasteiger partial charge is 0.748 e. The molecule has 23 nitrogen and oxygen atoms in total. The molecule has 0 atom stereocenters. The van der Waals surface area contributed by atoms with Crippen molar-refractivity contribution in [3.8, 4) is 0 Å². The van der Waals surface area contributed by atoms with Crippen LogP contribution in [0.4, 0.5) is 0 Å². The van der Waals surface area contributed by atoms with E-state index in [0.29, 0.717) is 38.9 Å². The molecule has 0 aliphatic rings. The molecule has 0 aromatic heterocycles. The molecule has 6 rings (SSSR count). The summed E-state index contributed by atoms with van der Waals surface area (Å²) in [4.78, 5) is 0. The number of aliphatic hydroxyl groups excluding tert-OH is 1. The quantitative estimate of drug-likeness (QED) is 0.0197. The maximum Gasteiger partial charge on any atom is 1.00 e. The molecule has 510 valence electrons. The van der Waals surface area contributed by atoms with Gasteiger partial charge in [-0.05, 0) is 33.4 Å². The predicted octanol–water partition coefficient (Wildman–Crippen LogP) is 4.67. The van der Waals surface area contributed by atoms with Crippen molar-refractivity contribution in [1.82, 2.24) is 6.15 Å². The van der Waals surface area contributed by atoms with Crippen molar-refractivity contribution in [2.75, 3.05) is 86.7 Å². The number of aliphatic hydroxyl groups is 1. The van der Waals surface area contributed by atoms with Crippen molar-refractivity contribution >= 4 is 112 Å².